The van der Waals surface area contributed by atoms with Crippen LogP contribution in [0.2, 0.25) is 0 Å². The molecule has 1 aromatic carbocycles. The molecule has 1 aliphatic rings. The molecular formula is C16H24N2O. The summed E-state index contributed by atoms with van der Waals surface area (Å²) in [7, 11) is 0. The Balaban J connectivity index is 1.62. The van der Waals surface area contributed by atoms with Crippen LogP contribution < -0.4 is 10.6 Å². The van der Waals surface area contributed by atoms with Gasteiger partial charge in [0.1, 0.15) is 0 Å². The fraction of sp³-hybridized carbons (Fsp3) is 0.562. The summed E-state index contributed by atoms with van der Waals surface area (Å²) in [5.74, 6) is 0.183. The van der Waals surface area contributed by atoms with E-state index in [0.717, 1.165) is 25.9 Å². The van der Waals surface area contributed by atoms with Crippen molar-refractivity contribution in [1.29, 1.82) is 0 Å². The van der Waals surface area contributed by atoms with E-state index in [4.69, 9.17) is 0 Å². The van der Waals surface area contributed by atoms with Crippen LogP contribution in [0.3, 0.4) is 0 Å². The van der Waals surface area contributed by atoms with Crippen LogP contribution in [0.1, 0.15) is 36.8 Å². The van der Waals surface area contributed by atoms with Crippen LogP contribution in [0.5, 0.6) is 0 Å². The van der Waals surface area contributed by atoms with Crippen molar-refractivity contribution in [1.82, 2.24) is 10.6 Å². The Labute approximate surface area is 115 Å². The van der Waals surface area contributed by atoms with E-state index < -0.39 is 0 Å². The zero-order chi connectivity index (χ0) is 13.5. The number of rotatable bonds is 6. The van der Waals surface area contributed by atoms with Gasteiger partial charge in [0.2, 0.25) is 5.91 Å². The van der Waals surface area contributed by atoms with Crippen LogP contribution in [-0.2, 0) is 11.2 Å². The van der Waals surface area contributed by atoms with Gasteiger partial charge in [-0.1, -0.05) is 24.3 Å². The van der Waals surface area contributed by atoms with Gasteiger partial charge in [-0.05, 0) is 50.3 Å². The lowest BCUT2D eigenvalue weighted by atomic mass is 10.1. The van der Waals surface area contributed by atoms with Crippen molar-refractivity contribution in [2.45, 2.75) is 45.1 Å². The van der Waals surface area contributed by atoms with E-state index in [1.54, 1.807) is 0 Å². The Morgan fingerprint density at radius 1 is 1.42 bits per heavy atom. The van der Waals surface area contributed by atoms with Gasteiger partial charge in [0.05, 0.1) is 0 Å². The van der Waals surface area contributed by atoms with Gasteiger partial charge in [-0.15, -0.1) is 0 Å². The van der Waals surface area contributed by atoms with Gasteiger partial charge in [0.25, 0.3) is 0 Å². The standard InChI is InChI=1S/C16H24N2O/c1-13-5-2-3-6-14(13)10-12-18-16(19)9-8-15-7-4-11-17-15/h2-3,5-6,15,17H,4,7-12H2,1H3,(H,18,19). The third-order valence-corrected chi connectivity index (χ3v) is 3.86. The van der Waals surface area contributed by atoms with E-state index in [0.29, 0.717) is 12.5 Å². The SMILES string of the molecule is Cc1ccccc1CCNC(=O)CCC1CCCN1. The smallest absolute Gasteiger partial charge is 0.220 e. The highest BCUT2D eigenvalue weighted by atomic mass is 16.1. The van der Waals surface area contributed by atoms with Gasteiger partial charge < -0.3 is 10.6 Å². The summed E-state index contributed by atoms with van der Waals surface area (Å²) in [6, 6.07) is 8.90. The zero-order valence-corrected chi connectivity index (χ0v) is 11.7. The second-order valence-electron chi connectivity index (χ2n) is 5.36. The van der Waals surface area contributed by atoms with E-state index in [1.807, 2.05) is 6.07 Å². The van der Waals surface area contributed by atoms with E-state index in [9.17, 15) is 4.79 Å². The lowest BCUT2D eigenvalue weighted by Crippen LogP contribution is -2.28. The molecule has 0 aliphatic carbocycles. The minimum absolute atomic E-state index is 0.183. The maximum atomic E-state index is 11.7. The normalized spacial score (nSPS) is 18.5. The molecule has 0 spiro atoms. The molecule has 0 bridgehead atoms. The molecule has 0 aromatic heterocycles. The van der Waals surface area contributed by atoms with Crippen LogP contribution in [-0.4, -0.2) is 25.0 Å². The molecule has 3 nitrogen and oxygen atoms in total. The van der Waals surface area contributed by atoms with Crippen LogP contribution >= 0.6 is 0 Å². The summed E-state index contributed by atoms with van der Waals surface area (Å²) in [6.45, 7) is 3.96. The maximum absolute atomic E-state index is 11.7. The minimum atomic E-state index is 0.183. The van der Waals surface area contributed by atoms with Crippen LogP contribution in [0.25, 0.3) is 0 Å². The molecule has 0 saturated carbocycles. The fourth-order valence-corrected chi connectivity index (χ4v) is 2.62. The van der Waals surface area contributed by atoms with Gasteiger partial charge in [-0.3, -0.25) is 4.79 Å². The van der Waals surface area contributed by atoms with Gasteiger partial charge in [0.15, 0.2) is 0 Å². The molecule has 104 valence electrons. The van der Waals surface area contributed by atoms with Crippen molar-refractivity contribution in [3.05, 3.63) is 35.4 Å². The number of carbonyl (C=O) groups is 1. The summed E-state index contributed by atoms with van der Waals surface area (Å²) >= 11 is 0. The number of benzene rings is 1. The third kappa shape index (κ3) is 4.67. The highest BCUT2D eigenvalue weighted by Gasteiger charge is 2.14. The molecule has 1 amide bonds. The van der Waals surface area contributed by atoms with Crippen LogP contribution in [0.4, 0.5) is 0 Å². The van der Waals surface area contributed by atoms with Crippen molar-refractivity contribution < 1.29 is 4.79 Å². The Kier molecular flexibility index (Phi) is 5.40. The quantitative estimate of drug-likeness (QED) is 0.823. The highest BCUT2D eigenvalue weighted by Crippen LogP contribution is 2.10. The number of aryl methyl sites for hydroxylation is 1. The Hall–Kier alpha value is -1.35. The first-order chi connectivity index (χ1) is 9.25. The molecule has 3 heteroatoms. The van der Waals surface area contributed by atoms with E-state index in [2.05, 4.69) is 35.8 Å². The number of hydrogen-bond donors (Lipinski definition) is 2. The minimum Gasteiger partial charge on any atom is -0.356 e. The first-order valence-corrected chi connectivity index (χ1v) is 7.30. The fourth-order valence-electron chi connectivity index (χ4n) is 2.62. The van der Waals surface area contributed by atoms with Gasteiger partial charge in [-0.25, -0.2) is 0 Å². The third-order valence-electron chi connectivity index (χ3n) is 3.86. The summed E-state index contributed by atoms with van der Waals surface area (Å²) in [4.78, 5) is 11.7. The molecule has 0 radical (unpaired) electrons. The Morgan fingerprint density at radius 2 is 2.26 bits per heavy atom. The Bertz CT molecular complexity index is 411. The molecule has 1 fully saturated rings. The Morgan fingerprint density at radius 3 is 3.00 bits per heavy atom. The average Bonchev–Trinajstić information content (AvgIpc) is 2.92. The van der Waals surface area contributed by atoms with Crippen molar-refractivity contribution in [2.75, 3.05) is 13.1 Å². The molecule has 1 atom stereocenters. The molecule has 1 unspecified atom stereocenters. The molecular weight excluding hydrogens is 236 g/mol. The molecule has 19 heavy (non-hydrogen) atoms. The summed E-state index contributed by atoms with van der Waals surface area (Å²) in [5.41, 5.74) is 2.62. The lowest BCUT2D eigenvalue weighted by Gasteiger charge is -2.10. The number of nitrogens with one attached hydrogen (secondary N) is 2. The number of hydrogen-bond acceptors (Lipinski definition) is 2. The molecule has 1 saturated heterocycles. The van der Waals surface area contributed by atoms with Crippen molar-refractivity contribution >= 4 is 5.91 Å². The van der Waals surface area contributed by atoms with Crippen molar-refractivity contribution in [2.24, 2.45) is 0 Å². The van der Waals surface area contributed by atoms with E-state index >= 15 is 0 Å². The lowest BCUT2D eigenvalue weighted by molar-refractivity contribution is -0.121. The topological polar surface area (TPSA) is 41.1 Å². The maximum Gasteiger partial charge on any atom is 0.220 e. The van der Waals surface area contributed by atoms with E-state index in [1.165, 1.54) is 24.0 Å². The molecule has 2 rings (SSSR count). The largest absolute Gasteiger partial charge is 0.356 e. The van der Waals surface area contributed by atoms with Gasteiger partial charge in [-0.2, -0.15) is 0 Å². The van der Waals surface area contributed by atoms with Crippen molar-refractivity contribution in [3.8, 4) is 0 Å². The van der Waals surface area contributed by atoms with Crippen molar-refractivity contribution in [3.63, 3.8) is 0 Å². The molecule has 2 N–H and O–H groups in total. The number of carbonyl (C=O) groups excluding carboxylic acids is 1. The van der Waals surface area contributed by atoms with Crippen LogP contribution in [0, 0.1) is 6.92 Å². The summed E-state index contributed by atoms with van der Waals surface area (Å²) in [5, 5.41) is 6.44. The van der Waals surface area contributed by atoms with Gasteiger partial charge >= 0.3 is 0 Å². The van der Waals surface area contributed by atoms with Crippen LogP contribution in [0.15, 0.2) is 24.3 Å². The van der Waals surface area contributed by atoms with E-state index in [-0.39, 0.29) is 5.91 Å². The first-order valence-electron chi connectivity index (χ1n) is 7.30. The summed E-state index contributed by atoms with van der Waals surface area (Å²) in [6.07, 6.45) is 5.00. The molecule has 1 aromatic rings. The predicted octanol–water partition coefficient (Wildman–Crippen LogP) is 2.19. The average molecular weight is 260 g/mol. The second kappa shape index (κ2) is 7.29. The monoisotopic (exact) mass is 260 g/mol. The summed E-state index contributed by atoms with van der Waals surface area (Å²) < 4.78 is 0. The zero-order valence-electron chi connectivity index (χ0n) is 11.7. The first kappa shape index (κ1) is 14.1. The molecule has 1 heterocycles. The highest BCUT2D eigenvalue weighted by molar-refractivity contribution is 5.75. The number of amides is 1. The predicted molar refractivity (Wildman–Crippen MR) is 78.2 cm³/mol. The second-order valence-corrected chi connectivity index (χ2v) is 5.36. The van der Waals surface area contributed by atoms with Gasteiger partial charge in [0, 0.05) is 19.0 Å². The molecule has 1 aliphatic heterocycles.